The van der Waals surface area contributed by atoms with E-state index >= 15 is 0 Å². The average molecular weight is 977 g/mol. The maximum atomic E-state index is 2.68. The average Bonchev–Trinajstić information content (AvgIpc) is 4.18. The second-order valence-electron chi connectivity index (χ2n) is 22.8. The molecule has 0 unspecified atom stereocenters. The lowest BCUT2D eigenvalue weighted by Gasteiger charge is -2.31. The van der Waals surface area contributed by atoms with Crippen molar-refractivity contribution in [2.45, 2.75) is 44.9 Å². The van der Waals surface area contributed by atoms with Crippen LogP contribution in [0.2, 0.25) is 0 Å². The summed E-state index contributed by atoms with van der Waals surface area (Å²) in [6.07, 6.45) is 0. The van der Waals surface area contributed by atoms with Crippen molar-refractivity contribution in [3.63, 3.8) is 0 Å². The molecule has 14 aromatic rings. The van der Waals surface area contributed by atoms with Crippen molar-refractivity contribution in [3.05, 3.63) is 264 Å². The zero-order valence-electron chi connectivity index (χ0n) is 43.6. The number of fused-ring (bicyclic) bond motifs is 18. The van der Waals surface area contributed by atoms with Crippen molar-refractivity contribution in [3.8, 4) is 77.9 Å². The van der Waals surface area contributed by atoms with Crippen LogP contribution >= 0.6 is 0 Å². The van der Waals surface area contributed by atoms with Gasteiger partial charge in [0.25, 0.3) is 0 Å². The van der Waals surface area contributed by atoms with Gasteiger partial charge in [-0.05, 0) is 224 Å². The van der Waals surface area contributed by atoms with E-state index in [4.69, 9.17) is 0 Å². The van der Waals surface area contributed by atoms with E-state index in [9.17, 15) is 0 Å². The van der Waals surface area contributed by atoms with Crippen molar-refractivity contribution >= 4 is 64.6 Å². The second kappa shape index (κ2) is 15.5. The standard InChI is InChI=1S/C77H52/c1-43(2)56-38-58-53-31-20-32-55-71(53)64(42-68-72(55)54-36-35-48(45-21-8-5-9-22-45)37-67(54)77(68)65-33-18-16-27-49(65)50-28-17-19-34-66(50)77)61-39-57(44(3)4)74-63-41-60-59(40-62(63)73(56)76(74)75(58)61)69(46-23-10-6-11-24-46)51-29-14-15-30-52(51)70(60)47-25-12-7-13-26-47/h5-44H,1-4H3. The number of rotatable bonds is 5. The van der Waals surface area contributed by atoms with Gasteiger partial charge in [0.2, 0.25) is 0 Å². The molecule has 0 bridgehead atoms. The molecule has 0 N–H and O–H groups in total. The van der Waals surface area contributed by atoms with E-state index in [1.54, 1.807) is 0 Å². The second-order valence-corrected chi connectivity index (χ2v) is 22.8. The fourth-order valence-corrected chi connectivity index (χ4v) is 15.4. The fourth-order valence-electron chi connectivity index (χ4n) is 15.4. The van der Waals surface area contributed by atoms with Gasteiger partial charge >= 0.3 is 0 Å². The van der Waals surface area contributed by atoms with Gasteiger partial charge < -0.3 is 0 Å². The largest absolute Gasteiger partial charge is 0.0726 e. The normalized spacial score (nSPS) is 13.5. The summed E-state index contributed by atoms with van der Waals surface area (Å²) in [5.41, 5.74) is 26.3. The molecule has 0 aromatic heterocycles. The van der Waals surface area contributed by atoms with Crippen LogP contribution in [0.1, 0.15) is 72.9 Å². The van der Waals surface area contributed by atoms with Crippen LogP contribution in [0.5, 0.6) is 0 Å². The molecule has 17 rings (SSSR count). The van der Waals surface area contributed by atoms with Crippen molar-refractivity contribution in [1.82, 2.24) is 0 Å². The molecule has 0 heterocycles. The predicted octanol–water partition coefficient (Wildman–Crippen LogP) is 21.3. The minimum atomic E-state index is -0.517. The van der Waals surface area contributed by atoms with E-state index in [0.29, 0.717) is 0 Å². The minimum absolute atomic E-state index is 0.263. The summed E-state index contributed by atoms with van der Waals surface area (Å²) in [4.78, 5) is 0. The Bertz CT molecular complexity index is 4720. The molecule has 0 radical (unpaired) electrons. The van der Waals surface area contributed by atoms with Crippen molar-refractivity contribution < 1.29 is 0 Å². The van der Waals surface area contributed by atoms with Gasteiger partial charge in [-0.3, -0.25) is 0 Å². The van der Waals surface area contributed by atoms with Gasteiger partial charge in [-0.2, -0.15) is 0 Å². The summed E-state index contributed by atoms with van der Waals surface area (Å²) >= 11 is 0. The number of hydrogen-bond acceptors (Lipinski definition) is 0. The van der Waals surface area contributed by atoms with E-state index in [0.717, 1.165) is 0 Å². The summed E-state index contributed by atoms with van der Waals surface area (Å²) in [5, 5.41) is 16.1. The predicted molar refractivity (Wildman–Crippen MR) is 328 cm³/mol. The lowest BCUT2D eigenvalue weighted by atomic mass is 9.69. The summed E-state index contributed by atoms with van der Waals surface area (Å²) in [7, 11) is 0. The Kier molecular flexibility index (Phi) is 8.69. The van der Waals surface area contributed by atoms with Gasteiger partial charge in [0.05, 0.1) is 5.41 Å². The van der Waals surface area contributed by atoms with E-state index in [-0.39, 0.29) is 11.8 Å². The summed E-state index contributed by atoms with van der Waals surface area (Å²) in [6.45, 7) is 9.66. The molecule has 14 aromatic carbocycles. The zero-order valence-corrected chi connectivity index (χ0v) is 43.6. The van der Waals surface area contributed by atoms with Crippen LogP contribution in [0.25, 0.3) is 143 Å². The van der Waals surface area contributed by atoms with Gasteiger partial charge in [-0.25, -0.2) is 0 Å². The summed E-state index contributed by atoms with van der Waals surface area (Å²) in [5.74, 6) is 0.545. The Labute approximate surface area is 448 Å². The molecule has 0 heteroatoms. The topological polar surface area (TPSA) is 0 Å². The molecule has 3 aliphatic rings. The molecule has 0 amide bonds. The SMILES string of the molecule is CC(C)c1cc2c3cccc4c5c(cc(c6cc(C(C)C)c7c(c1-c1cc8c(-c9ccccc9)c9ccccc9c(-c9ccccc9)c8cc1-7)c26)c43)C1(c2ccccc2-c2ccccc21)c1cc(-c2ccccc2)ccc1-5. The lowest BCUT2D eigenvalue weighted by molar-refractivity contribution is 0.796. The third-order valence-corrected chi connectivity index (χ3v) is 18.4. The molecule has 360 valence electrons. The molecule has 77 heavy (non-hydrogen) atoms. The van der Waals surface area contributed by atoms with Crippen LogP contribution in [0, 0.1) is 0 Å². The molecule has 0 aliphatic heterocycles. The van der Waals surface area contributed by atoms with Crippen LogP contribution < -0.4 is 0 Å². The smallest absolute Gasteiger partial charge is 0.0622 e. The highest BCUT2D eigenvalue weighted by molar-refractivity contribution is 6.40. The quantitative estimate of drug-likeness (QED) is 0.119. The highest BCUT2D eigenvalue weighted by Gasteiger charge is 2.52. The lowest BCUT2D eigenvalue weighted by Crippen LogP contribution is -2.26. The van der Waals surface area contributed by atoms with Gasteiger partial charge in [0.15, 0.2) is 0 Å². The maximum Gasteiger partial charge on any atom is 0.0726 e. The van der Waals surface area contributed by atoms with Crippen LogP contribution in [0.3, 0.4) is 0 Å². The van der Waals surface area contributed by atoms with E-state index in [1.807, 2.05) is 0 Å². The Morgan fingerprint density at radius 1 is 0.234 bits per heavy atom. The number of hydrogen-bond donors (Lipinski definition) is 0. The van der Waals surface area contributed by atoms with Crippen LogP contribution in [0.15, 0.2) is 231 Å². The molecule has 0 nitrogen and oxygen atoms in total. The Morgan fingerprint density at radius 3 is 1.26 bits per heavy atom. The first-order chi connectivity index (χ1) is 37.9. The molecule has 0 atom stereocenters. The first-order valence-electron chi connectivity index (χ1n) is 27.7. The zero-order chi connectivity index (χ0) is 51.0. The Balaban J connectivity index is 1.05. The van der Waals surface area contributed by atoms with Crippen LogP contribution in [-0.4, -0.2) is 0 Å². The van der Waals surface area contributed by atoms with E-state index in [2.05, 4.69) is 258 Å². The third kappa shape index (κ3) is 5.47. The first-order valence-corrected chi connectivity index (χ1v) is 27.7. The van der Waals surface area contributed by atoms with Crippen molar-refractivity contribution in [1.29, 1.82) is 0 Å². The highest BCUT2D eigenvalue weighted by atomic mass is 14.5. The molecule has 1 spiro atoms. The first kappa shape index (κ1) is 43.2. The number of benzene rings is 14. The minimum Gasteiger partial charge on any atom is -0.0622 e. The van der Waals surface area contributed by atoms with E-state index in [1.165, 1.54) is 176 Å². The Morgan fingerprint density at radius 2 is 0.701 bits per heavy atom. The monoisotopic (exact) mass is 976 g/mol. The summed E-state index contributed by atoms with van der Waals surface area (Å²) in [6, 6.07) is 88.7. The molecular formula is C77H52. The molecule has 0 saturated heterocycles. The van der Waals surface area contributed by atoms with Crippen molar-refractivity contribution in [2.24, 2.45) is 0 Å². The van der Waals surface area contributed by atoms with E-state index < -0.39 is 5.41 Å². The van der Waals surface area contributed by atoms with Crippen molar-refractivity contribution in [2.75, 3.05) is 0 Å². The van der Waals surface area contributed by atoms with Crippen LogP contribution in [0.4, 0.5) is 0 Å². The van der Waals surface area contributed by atoms with Gasteiger partial charge in [0.1, 0.15) is 0 Å². The van der Waals surface area contributed by atoms with Crippen LogP contribution in [-0.2, 0) is 5.41 Å². The molecule has 0 fully saturated rings. The molecule has 0 saturated carbocycles. The van der Waals surface area contributed by atoms with Gasteiger partial charge in [-0.15, -0.1) is 0 Å². The Hall–Kier alpha value is -9.10. The molecular weight excluding hydrogens is 925 g/mol. The highest BCUT2D eigenvalue weighted by Crippen LogP contribution is 2.66. The van der Waals surface area contributed by atoms with Gasteiger partial charge in [-0.1, -0.05) is 222 Å². The van der Waals surface area contributed by atoms with Gasteiger partial charge in [0, 0.05) is 0 Å². The molecule has 3 aliphatic carbocycles. The maximum absolute atomic E-state index is 2.68. The third-order valence-electron chi connectivity index (χ3n) is 18.4. The fraction of sp³-hybridized carbons (Fsp3) is 0.0909. The summed E-state index contributed by atoms with van der Waals surface area (Å²) < 4.78 is 0.